The number of hydrogen-bond donors (Lipinski definition) is 1. The van der Waals surface area contributed by atoms with E-state index >= 15 is 0 Å². The van der Waals surface area contributed by atoms with Crippen molar-refractivity contribution in [2.24, 2.45) is 0 Å². The van der Waals surface area contributed by atoms with E-state index < -0.39 is 4.92 Å². The third-order valence-electron chi connectivity index (χ3n) is 0.703. The van der Waals surface area contributed by atoms with Crippen molar-refractivity contribution in [3.8, 4) is 0 Å². The average molecular weight is 141 g/mol. The van der Waals surface area contributed by atoms with Gasteiger partial charge in [-0.15, -0.1) is 0 Å². The van der Waals surface area contributed by atoms with Crippen LogP contribution in [0.4, 0.5) is 0 Å². The number of hydrogen-bond acceptors (Lipinski definition) is 3. The Morgan fingerprint density at radius 2 is 2.00 bits per heavy atom. The van der Waals surface area contributed by atoms with Crippen molar-refractivity contribution in [2.75, 3.05) is 0 Å². The molecule has 0 aromatic rings. The van der Waals surface area contributed by atoms with Gasteiger partial charge in [0.2, 0.25) is 0 Å². The second-order valence-corrected chi connectivity index (χ2v) is 1.57. The Morgan fingerprint density at radius 1 is 1.50 bits per heavy atom. The van der Waals surface area contributed by atoms with Gasteiger partial charge in [-0.2, -0.15) is 0 Å². The molecule has 0 bridgehead atoms. The summed E-state index contributed by atoms with van der Waals surface area (Å²) in [6.07, 6.45) is 2.17. The molecule has 0 aliphatic rings. The molecule has 0 spiro atoms. The van der Waals surface area contributed by atoms with Crippen molar-refractivity contribution in [3.05, 3.63) is 46.9 Å². The SMILES string of the molecule is C=C(O)C=CC(=C)[N+](=O)[O-]. The minimum Gasteiger partial charge on any atom is -0.509 e. The summed E-state index contributed by atoms with van der Waals surface area (Å²) in [7, 11) is 0. The van der Waals surface area contributed by atoms with Gasteiger partial charge in [0.25, 0.3) is 5.70 Å². The minimum atomic E-state index is -0.653. The molecule has 0 radical (unpaired) electrons. The van der Waals surface area contributed by atoms with Gasteiger partial charge >= 0.3 is 0 Å². The Balaban J connectivity index is 4.03. The van der Waals surface area contributed by atoms with Gasteiger partial charge in [-0.05, 0) is 12.7 Å². The molecule has 0 rings (SSSR count). The van der Waals surface area contributed by atoms with E-state index in [-0.39, 0.29) is 11.5 Å². The standard InChI is InChI=1S/C6H7NO3/c1-5(7(9)10)3-4-6(2)8/h3-4,8H,1-2H2. The molecule has 10 heavy (non-hydrogen) atoms. The third-order valence-corrected chi connectivity index (χ3v) is 0.703. The van der Waals surface area contributed by atoms with E-state index in [0.717, 1.165) is 12.2 Å². The monoisotopic (exact) mass is 141 g/mol. The molecule has 0 aliphatic carbocycles. The largest absolute Gasteiger partial charge is 0.509 e. The molecular weight excluding hydrogens is 134 g/mol. The number of nitrogens with zero attached hydrogens (tertiary/aromatic N) is 1. The second-order valence-electron chi connectivity index (χ2n) is 1.57. The Labute approximate surface area is 57.9 Å². The number of aliphatic hydroxyl groups is 1. The Hall–Kier alpha value is -1.58. The topological polar surface area (TPSA) is 63.4 Å². The van der Waals surface area contributed by atoms with Crippen LogP contribution in [0, 0.1) is 10.1 Å². The number of rotatable bonds is 3. The second kappa shape index (κ2) is 3.45. The molecule has 0 saturated carbocycles. The molecule has 4 nitrogen and oxygen atoms in total. The Morgan fingerprint density at radius 3 is 2.30 bits per heavy atom. The van der Waals surface area contributed by atoms with Crippen LogP contribution in [0.5, 0.6) is 0 Å². The van der Waals surface area contributed by atoms with Crippen LogP contribution in [0.15, 0.2) is 36.8 Å². The van der Waals surface area contributed by atoms with Crippen LogP contribution in [-0.4, -0.2) is 10.0 Å². The van der Waals surface area contributed by atoms with Crippen molar-refractivity contribution in [1.82, 2.24) is 0 Å². The highest BCUT2D eigenvalue weighted by Gasteiger charge is 1.98. The average Bonchev–Trinajstić information content (AvgIpc) is 1.82. The van der Waals surface area contributed by atoms with Gasteiger partial charge in [0, 0.05) is 6.08 Å². The first-order chi connectivity index (χ1) is 4.54. The first-order valence-corrected chi connectivity index (χ1v) is 2.43. The zero-order valence-electron chi connectivity index (χ0n) is 5.28. The van der Waals surface area contributed by atoms with Gasteiger partial charge in [0.15, 0.2) is 0 Å². The molecular formula is C6H7NO3. The first-order valence-electron chi connectivity index (χ1n) is 2.43. The lowest BCUT2D eigenvalue weighted by molar-refractivity contribution is -0.418. The molecule has 0 unspecified atom stereocenters. The van der Waals surface area contributed by atoms with Gasteiger partial charge in [-0.25, -0.2) is 0 Å². The molecule has 54 valence electrons. The van der Waals surface area contributed by atoms with Crippen molar-refractivity contribution >= 4 is 0 Å². The van der Waals surface area contributed by atoms with Gasteiger partial charge in [0.1, 0.15) is 5.76 Å². The summed E-state index contributed by atoms with van der Waals surface area (Å²) in [5.41, 5.74) is -0.282. The van der Waals surface area contributed by atoms with Crippen LogP contribution in [0.25, 0.3) is 0 Å². The molecule has 0 heterocycles. The number of nitro groups is 1. The summed E-state index contributed by atoms with van der Waals surface area (Å²) >= 11 is 0. The molecule has 0 atom stereocenters. The lowest BCUT2D eigenvalue weighted by Crippen LogP contribution is -1.92. The Bertz CT molecular complexity index is 205. The lowest BCUT2D eigenvalue weighted by Gasteiger charge is -1.85. The van der Waals surface area contributed by atoms with Crippen molar-refractivity contribution in [1.29, 1.82) is 0 Å². The fourth-order valence-corrected chi connectivity index (χ4v) is 0.253. The van der Waals surface area contributed by atoms with E-state index in [2.05, 4.69) is 13.2 Å². The van der Waals surface area contributed by atoms with Gasteiger partial charge in [0.05, 0.1) is 4.92 Å². The molecule has 4 heteroatoms. The fourth-order valence-electron chi connectivity index (χ4n) is 0.253. The summed E-state index contributed by atoms with van der Waals surface area (Å²) in [5.74, 6) is -0.233. The lowest BCUT2D eigenvalue weighted by atomic mass is 10.4. The van der Waals surface area contributed by atoms with Crippen LogP contribution in [0.1, 0.15) is 0 Å². The van der Waals surface area contributed by atoms with Crippen LogP contribution in [0.3, 0.4) is 0 Å². The van der Waals surface area contributed by atoms with Gasteiger partial charge in [-0.3, -0.25) is 10.1 Å². The summed E-state index contributed by atoms with van der Waals surface area (Å²) in [6.45, 7) is 6.18. The van der Waals surface area contributed by atoms with E-state index in [1.54, 1.807) is 0 Å². The van der Waals surface area contributed by atoms with Gasteiger partial charge in [-0.1, -0.05) is 6.58 Å². The normalized spacial score (nSPS) is 9.60. The molecule has 0 aromatic heterocycles. The fraction of sp³-hybridized carbons (Fsp3) is 0. The maximum absolute atomic E-state index is 9.86. The number of aliphatic hydroxyl groups excluding tert-OH is 1. The quantitative estimate of drug-likeness (QED) is 0.279. The predicted octanol–water partition coefficient (Wildman–Crippen LogP) is 1.40. The van der Waals surface area contributed by atoms with Crippen LogP contribution >= 0.6 is 0 Å². The maximum Gasteiger partial charge on any atom is 0.262 e. The summed E-state index contributed by atoms with van der Waals surface area (Å²) in [6, 6.07) is 0. The van der Waals surface area contributed by atoms with Crippen LogP contribution < -0.4 is 0 Å². The number of allylic oxidation sites excluding steroid dienone is 2. The molecule has 0 aliphatic heterocycles. The summed E-state index contributed by atoms with van der Waals surface area (Å²) in [5, 5.41) is 18.3. The first kappa shape index (κ1) is 8.42. The minimum absolute atomic E-state index is 0.233. The summed E-state index contributed by atoms with van der Waals surface area (Å²) in [4.78, 5) is 9.20. The smallest absolute Gasteiger partial charge is 0.262 e. The van der Waals surface area contributed by atoms with Crippen LogP contribution in [0.2, 0.25) is 0 Å². The predicted molar refractivity (Wildman–Crippen MR) is 37.0 cm³/mol. The van der Waals surface area contributed by atoms with E-state index in [0.29, 0.717) is 0 Å². The van der Waals surface area contributed by atoms with Crippen molar-refractivity contribution < 1.29 is 10.0 Å². The molecule has 0 aromatic carbocycles. The highest BCUT2D eigenvalue weighted by atomic mass is 16.6. The third kappa shape index (κ3) is 3.43. The molecule has 0 saturated heterocycles. The highest BCUT2D eigenvalue weighted by Crippen LogP contribution is 1.95. The zero-order chi connectivity index (χ0) is 8.15. The van der Waals surface area contributed by atoms with Gasteiger partial charge < -0.3 is 5.11 Å². The summed E-state index contributed by atoms with van der Waals surface area (Å²) < 4.78 is 0. The Kier molecular flexibility index (Phi) is 2.90. The van der Waals surface area contributed by atoms with E-state index in [9.17, 15) is 10.1 Å². The van der Waals surface area contributed by atoms with E-state index in [4.69, 9.17) is 5.11 Å². The van der Waals surface area contributed by atoms with Crippen molar-refractivity contribution in [2.45, 2.75) is 0 Å². The molecule has 0 amide bonds. The highest BCUT2D eigenvalue weighted by molar-refractivity contribution is 5.15. The van der Waals surface area contributed by atoms with E-state index in [1.807, 2.05) is 0 Å². The van der Waals surface area contributed by atoms with E-state index in [1.165, 1.54) is 0 Å². The van der Waals surface area contributed by atoms with Crippen molar-refractivity contribution in [3.63, 3.8) is 0 Å². The molecule has 0 fully saturated rings. The molecule has 1 N–H and O–H groups in total. The zero-order valence-corrected chi connectivity index (χ0v) is 5.28. The maximum atomic E-state index is 9.86. The van der Waals surface area contributed by atoms with Crippen LogP contribution in [-0.2, 0) is 0 Å².